The average molecular weight is 428 g/mol. The first-order chi connectivity index (χ1) is 14.3. The summed E-state index contributed by atoms with van der Waals surface area (Å²) in [5.74, 6) is -1.25. The second-order valence-corrected chi connectivity index (χ2v) is 7.83. The first-order valence-electron chi connectivity index (χ1n) is 9.60. The largest absolute Gasteiger partial charge is 0.350 e. The summed E-state index contributed by atoms with van der Waals surface area (Å²) in [4.78, 5) is 50.6. The van der Waals surface area contributed by atoms with E-state index in [4.69, 9.17) is 11.6 Å². The predicted molar refractivity (Wildman–Crippen MR) is 113 cm³/mol. The molecule has 0 aromatic heterocycles. The van der Waals surface area contributed by atoms with Crippen LogP contribution < -0.4 is 10.6 Å². The van der Waals surface area contributed by atoms with Crippen LogP contribution in [-0.2, 0) is 0 Å². The number of benzene rings is 2. The molecule has 156 valence electrons. The minimum Gasteiger partial charge on any atom is -0.350 e. The highest BCUT2D eigenvalue weighted by atomic mass is 35.5. The van der Waals surface area contributed by atoms with Gasteiger partial charge in [-0.3, -0.25) is 24.1 Å². The molecule has 0 saturated carbocycles. The Balaban J connectivity index is 1.56. The number of halogens is 1. The number of nitrogens with one attached hydrogen (secondary N) is 2. The molecule has 2 aromatic carbocycles. The summed E-state index contributed by atoms with van der Waals surface area (Å²) in [6.45, 7) is 4.61. The SMILES string of the molecule is CC(C)CN1C(=O)c2ccc(C(=O)NCCNC(=O)c3cccc(Cl)c3)cc2C1=O. The van der Waals surface area contributed by atoms with Crippen molar-refractivity contribution < 1.29 is 19.2 Å². The van der Waals surface area contributed by atoms with Gasteiger partial charge in [-0.05, 0) is 42.3 Å². The molecule has 0 fully saturated rings. The molecule has 0 radical (unpaired) electrons. The zero-order chi connectivity index (χ0) is 21.8. The predicted octanol–water partition coefficient (Wildman–Crippen LogP) is 2.75. The van der Waals surface area contributed by atoms with Gasteiger partial charge >= 0.3 is 0 Å². The Morgan fingerprint density at radius 3 is 2.10 bits per heavy atom. The van der Waals surface area contributed by atoms with Crippen molar-refractivity contribution in [3.8, 4) is 0 Å². The van der Waals surface area contributed by atoms with Crippen molar-refractivity contribution in [1.29, 1.82) is 0 Å². The molecule has 1 heterocycles. The summed E-state index contributed by atoms with van der Waals surface area (Å²) in [6, 6.07) is 11.0. The number of nitrogens with zero attached hydrogens (tertiary/aromatic N) is 1. The van der Waals surface area contributed by atoms with Crippen LogP contribution in [0.15, 0.2) is 42.5 Å². The van der Waals surface area contributed by atoms with Crippen LogP contribution in [0.5, 0.6) is 0 Å². The zero-order valence-corrected chi connectivity index (χ0v) is 17.5. The highest BCUT2D eigenvalue weighted by molar-refractivity contribution is 6.31. The molecule has 0 aliphatic carbocycles. The summed E-state index contributed by atoms with van der Waals surface area (Å²) in [5, 5.41) is 5.85. The monoisotopic (exact) mass is 427 g/mol. The lowest BCUT2D eigenvalue weighted by atomic mass is 10.1. The molecular formula is C22H22ClN3O4. The Kier molecular flexibility index (Phi) is 6.52. The summed E-state index contributed by atoms with van der Waals surface area (Å²) < 4.78 is 0. The minimum atomic E-state index is -0.391. The maximum absolute atomic E-state index is 12.5. The molecule has 0 saturated heterocycles. The van der Waals surface area contributed by atoms with Crippen molar-refractivity contribution in [2.24, 2.45) is 5.92 Å². The number of carbonyl (C=O) groups excluding carboxylic acids is 4. The van der Waals surface area contributed by atoms with Gasteiger partial charge < -0.3 is 10.6 Å². The molecule has 30 heavy (non-hydrogen) atoms. The minimum absolute atomic E-state index is 0.150. The lowest BCUT2D eigenvalue weighted by molar-refractivity contribution is 0.0635. The Bertz CT molecular complexity index is 1020. The number of fused-ring (bicyclic) bond motifs is 1. The molecule has 1 aliphatic rings. The van der Waals surface area contributed by atoms with E-state index >= 15 is 0 Å². The van der Waals surface area contributed by atoms with Gasteiger partial charge in [-0.15, -0.1) is 0 Å². The van der Waals surface area contributed by atoms with Crippen LogP contribution in [-0.4, -0.2) is 48.2 Å². The second kappa shape index (κ2) is 9.09. The fourth-order valence-corrected chi connectivity index (χ4v) is 3.34. The summed E-state index contributed by atoms with van der Waals surface area (Å²) >= 11 is 5.87. The molecule has 3 rings (SSSR count). The third-order valence-corrected chi connectivity index (χ3v) is 4.80. The molecule has 4 amide bonds. The van der Waals surface area contributed by atoms with Gasteiger partial charge in [0.2, 0.25) is 0 Å². The van der Waals surface area contributed by atoms with Gasteiger partial charge in [0, 0.05) is 35.8 Å². The Morgan fingerprint density at radius 2 is 1.50 bits per heavy atom. The number of amides is 4. The van der Waals surface area contributed by atoms with Crippen molar-refractivity contribution in [3.63, 3.8) is 0 Å². The first kappa shape index (κ1) is 21.5. The van der Waals surface area contributed by atoms with Gasteiger partial charge in [0.1, 0.15) is 0 Å². The normalized spacial score (nSPS) is 12.9. The number of rotatable bonds is 7. The Hall–Kier alpha value is -3.19. The molecule has 2 aromatic rings. The highest BCUT2D eigenvalue weighted by Crippen LogP contribution is 2.24. The zero-order valence-electron chi connectivity index (χ0n) is 16.7. The second-order valence-electron chi connectivity index (χ2n) is 7.40. The maximum atomic E-state index is 12.5. The Morgan fingerprint density at radius 1 is 0.900 bits per heavy atom. The first-order valence-corrected chi connectivity index (χ1v) is 9.98. The smallest absolute Gasteiger partial charge is 0.261 e. The van der Waals surface area contributed by atoms with E-state index in [1.54, 1.807) is 24.3 Å². The maximum Gasteiger partial charge on any atom is 0.261 e. The fourth-order valence-electron chi connectivity index (χ4n) is 3.15. The van der Waals surface area contributed by atoms with Crippen molar-refractivity contribution in [2.45, 2.75) is 13.8 Å². The molecule has 7 nitrogen and oxygen atoms in total. The van der Waals surface area contributed by atoms with Gasteiger partial charge in [-0.1, -0.05) is 31.5 Å². The molecular weight excluding hydrogens is 406 g/mol. The van der Waals surface area contributed by atoms with Crippen LogP contribution >= 0.6 is 11.6 Å². The van der Waals surface area contributed by atoms with E-state index in [1.165, 1.54) is 23.1 Å². The number of carbonyl (C=O) groups is 4. The van der Waals surface area contributed by atoms with E-state index in [9.17, 15) is 19.2 Å². The van der Waals surface area contributed by atoms with Crippen LogP contribution in [0.3, 0.4) is 0 Å². The van der Waals surface area contributed by atoms with Gasteiger partial charge in [0.05, 0.1) is 11.1 Å². The summed E-state index contributed by atoms with van der Waals surface area (Å²) in [6.07, 6.45) is 0. The van der Waals surface area contributed by atoms with Crippen LogP contribution in [0.1, 0.15) is 55.3 Å². The van der Waals surface area contributed by atoms with Gasteiger partial charge in [-0.2, -0.15) is 0 Å². The van der Waals surface area contributed by atoms with E-state index < -0.39 is 5.91 Å². The number of hydrogen-bond acceptors (Lipinski definition) is 4. The fraction of sp³-hybridized carbons (Fsp3) is 0.273. The van der Waals surface area contributed by atoms with Crippen molar-refractivity contribution in [3.05, 3.63) is 69.7 Å². The molecule has 1 aliphatic heterocycles. The van der Waals surface area contributed by atoms with Gasteiger partial charge in [0.25, 0.3) is 23.6 Å². The number of imide groups is 1. The van der Waals surface area contributed by atoms with Crippen LogP contribution in [0.4, 0.5) is 0 Å². The average Bonchev–Trinajstić information content (AvgIpc) is 2.95. The van der Waals surface area contributed by atoms with Crippen molar-refractivity contribution >= 4 is 35.2 Å². The van der Waals surface area contributed by atoms with E-state index in [0.29, 0.717) is 22.7 Å². The number of hydrogen-bond donors (Lipinski definition) is 2. The standard InChI is InChI=1S/C22H22ClN3O4/c1-13(2)12-26-21(29)17-7-6-15(11-18(17)22(26)30)20(28)25-9-8-24-19(27)14-4-3-5-16(23)10-14/h3-7,10-11,13H,8-9,12H2,1-2H3,(H,24,27)(H,25,28). The molecule has 0 unspecified atom stereocenters. The van der Waals surface area contributed by atoms with E-state index in [1.807, 2.05) is 13.8 Å². The molecule has 2 N–H and O–H groups in total. The van der Waals surface area contributed by atoms with Crippen molar-refractivity contribution in [1.82, 2.24) is 15.5 Å². The topological polar surface area (TPSA) is 95.6 Å². The van der Waals surface area contributed by atoms with Gasteiger partial charge in [0.15, 0.2) is 0 Å². The van der Waals surface area contributed by atoms with E-state index in [0.717, 1.165) is 0 Å². The summed E-state index contributed by atoms with van der Waals surface area (Å²) in [7, 11) is 0. The van der Waals surface area contributed by atoms with Gasteiger partial charge in [-0.25, -0.2) is 0 Å². The quantitative estimate of drug-likeness (QED) is 0.524. The summed E-state index contributed by atoms with van der Waals surface area (Å²) in [5.41, 5.74) is 1.26. The molecule has 0 atom stereocenters. The lowest BCUT2D eigenvalue weighted by Crippen LogP contribution is -2.34. The molecule has 0 bridgehead atoms. The van der Waals surface area contributed by atoms with Crippen LogP contribution in [0.25, 0.3) is 0 Å². The van der Waals surface area contributed by atoms with Crippen LogP contribution in [0.2, 0.25) is 5.02 Å². The van der Waals surface area contributed by atoms with Crippen LogP contribution in [0, 0.1) is 5.92 Å². The molecule has 0 spiro atoms. The third-order valence-electron chi connectivity index (χ3n) is 4.56. The Labute approximate surface area is 179 Å². The van der Waals surface area contributed by atoms with Crippen molar-refractivity contribution in [2.75, 3.05) is 19.6 Å². The third kappa shape index (κ3) is 4.68. The van der Waals surface area contributed by atoms with E-state index in [2.05, 4.69) is 10.6 Å². The van der Waals surface area contributed by atoms with E-state index in [-0.39, 0.29) is 47.9 Å². The highest BCUT2D eigenvalue weighted by Gasteiger charge is 2.36. The molecule has 8 heteroatoms. The lowest BCUT2D eigenvalue weighted by Gasteiger charge is -2.15.